The van der Waals surface area contributed by atoms with Crippen molar-refractivity contribution < 1.29 is 14.3 Å². The summed E-state index contributed by atoms with van der Waals surface area (Å²) in [6.45, 7) is 8.42. The molecule has 0 spiro atoms. The summed E-state index contributed by atoms with van der Waals surface area (Å²) in [5, 5.41) is 0. The Morgan fingerprint density at radius 1 is 1.25 bits per heavy atom. The first kappa shape index (κ1) is 18.9. The minimum absolute atomic E-state index is 0.0255. The Hall–Kier alpha value is -1.10. The molecular formula is C15H30N2O3. The zero-order chi connectivity index (χ0) is 15.8. The highest BCUT2D eigenvalue weighted by Crippen LogP contribution is 2.16. The summed E-state index contributed by atoms with van der Waals surface area (Å²) < 4.78 is 4.68. The quantitative estimate of drug-likeness (QED) is 0.657. The molecule has 0 saturated heterocycles. The number of methoxy groups -OCH3 is 1. The Morgan fingerprint density at radius 2 is 1.80 bits per heavy atom. The SMILES string of the molecule is CCCC(C)(N)C(=O)N(CC(=O)OC)CC(CC)CC. The molecule has 0 saturated carbocycles. The van der Waals surface area contributed by atoms with Crippen molar-refractivity contribution in [2.24, 2.45) is 11.7 Å². The molecule has 0 aromatic carbocycles. The van der Waals surface area contributed by atoms with Gasteiger partial charge in [-0.3, -0.25) is 9.59 Å². The fraction of sp³-hybridized carbons (Fsp3) is 0.867. The van der Waals surface area contributed by atoms with Crippen LogP contribution in [0.15, 0.2) is 0 Å². The van der Waals surface area contributed by atoms with Crippen molar-refractivity contribution in [1.82, 2.24) is 4.90 Å². The molecule has 0 aliphatic heterocycles. The molecule has 0 heterocycles. The van der Waals surface area contributed by atoms with Gasteiger partial charge in [0.15, 0.2) is 0 Å². The first-order valence-corrected chi connectivity index (χ1v) is 7.47. The van der Waals surface area contributed by atoms with Crippen LogP contribution in [0.5, 0.6) is 0 Å². The van der Waals surface area contributed by atoms with Gasteiger partial charge in [-0.1, -0.05) is 40.0 Å². The molecule has 0 rings (SSSR count). The van der Waals surface area contributed by atoms with E-state index in [0.29, 0.717) is 18.9 Å². The van der Waals surface area contributed by atoms with E-state index in [2.05, 4.69) is 18.6 Å². The molecular weight excluding hydrogens is 256 g/mol. The average molecular weight is 286 g/mol. The molecule has 1 unspecified atom stereocenters. The Balaban J connectivity index is 4.99. The van der Waals surface area contributed by atoms with Crippen LogP contribution in [0.4, 0.5) is 0 Å². The maximum atomic E-state index is 12.6. The Kier molecular flexibility index (Phi) is 8.46. The minimum atomic E-state index is -0.922. The summed E-state index contributed by atoms with van der Waals surface area (Å²) in [5.74, 6) is -0.200. The van der Waals surface area contributed by atoms with E-state index in [1.807, 2.05) is 6.92 Å². The predicted molar refractivity (Wildman–Crippen MR) is 80.2 cm³/mol. The molecule has 0 radical (unpaired) electrons. The smallest absolute Gasteiger partial charge is 0.325 e. The summed E-state index contributed by atoms with van der Waals surface area (Å²) in [6, 6.07) is 0. The monoisotopic (exact) mass is 286 g/mol. The van der Waals surface area contributed by atoms with Crippen molar-refractivity contribution >= 4 is 11.9 Å². The van der Waals surface area contributed by atoms with Crippen molar-refractivity contribution in [1.29, 1.82) is 0 Å². The van der Waals surface area contributed by atoms with E-state index in [0.717, 1.165) is 19.3 Å². The number of rotatable bonds is 9. The van der Waals surface area contributed by atoms with Crippen LogP contribution in [0.1, 0.15) is 53.4 Å². The fourth-order valence-corrected chi connectivity index (χ4v) is 2.29. The van der Waals surface area contributed by atoms with Gasteiger partial charge in [0.25, 0.3) is 0 Å². The van der Waals surface area contributed by atoms with Gasteiger partial charge in [-0.25, -0.2) is 0 Å². The second-order valence-electron chi connectivity index (χ2n) is 5.61. The number of carbonyl (C=O) groups excluding carboxylic acids is 2. The lowest BCUT2D eigenvalue weighted by molar-refractivity contribution is -0.149. The van der Waals surface area contributed by atoms with Crippen LogP contribution in [0.2, 0.25) is 0 Å². The molecule has 5 heteroatoms. The van der Waals surface area contributed by atoms with Crippen LogP contribution in [0.3, 0.4) is 0 Å². The fourth-order valence-electron chi connectivity index (χ4n) is 2.29. The maximum absolute atomic E-state index is 12.6. The van der Waals surface area contributed by atoms with E-state index < -0.39 is 11.5 Å². The summed E-state index contributed by atoms with van der Waals surface area (Å²) in [7, 11) is 1.33. The molecule has 0 fully saturated rings. The molecule has 1 atom stereocenters. The number of nitrogens with zero attached hydrogens (tertiary/aromatic N) is 1. The van der Waals surface area contributed by atoms with E-state index in [4.69, 9.17) is 5.73 Å². The lowest BCUT2D eigenvalue weighted by Gasteiger charge is -2.33. The van der Waals surface area contributed by atoms with Gasteiger partial charge >= 0.3 is 5.97 Å². The highest BCUT2D eigenvalue weighted by atomic mass is 16.5. The standard InChI is InChI=1S/C15H30N2O3/c1-6-9-15(4,16)14(19)17(11-13(18)20-5)10-12(7-2)8-3/h12H,6-11,16H2,1-5H3. The summed E-state index contributed by atoms with van der Waals surface area (Å²) in [5.41, 5.74) is 5.18. The Morgan fingerprint density at radius 3 is 2.20 bits per heavy atom. The van der Waals surface area contributed by atoms with Gasteiger partial charge in [-0.2, -0.15) is 0 Å². The summed E-state index contributed by atoms with van der Waals surface area (Å²) in [6.07, 6.45) is 3.37. The minimum Gasteiger partial charge on any atom is -0.468 e. The number of hydrogen-bond acceptors (Lipinski definition) is 4. The van der Waals surface area contributed by atoms with Crippen molar-refractivity contribution in [3.05, 3.63) is 0 Å². The van der Waals surface area contributed by atoms with E-state index in [9.17, 15) is 9.59 Å². The zero-order valence-electron chi connectivity index (χ0n) is 13.6. The zero-order valence-corrected chi connectivity index (χ0v) is 13.6. The van der Waals surface area contributed by atoms with Crippen molar-refractivity contribution in [2.45, 2.75) is 58.9 Å². The first-order valence-electron chi connectivity index (χ1n) is 7.47. The lowest BCUT2D eigenvalue weighted by atomic mass is 9.94. The Bertz CT molecular complexity index is 312. The van der Waals surface area contributed by atoms with Crippen molar-refractivity contribution in [3.8, 4) is 0 Å². The number of nitrogens with two attached hydrogens (primary N) is 1. The first-order chi connectivity index (χ1) is 9.32. The van der Waals surface area contributed by atoms with Crippen LogP contribution >= 0.6 is 0 Å². The number of ether oxygens (including phenoxy) is 1. The second kappa shape index (κ2) is 8.95. The molecule has 0 aliphatic carbocycles. The van der Waals surface area contributed by atoms with E-state index >= 15 is 0 Å². The third kappa shape index (κ3) is 5.90. The number of amides is 1. The van der Waals surface area contributed by atoms with Gasteiger partial charge in [0.05, 0.1) is 12.6 Å². The normalized spacial score (nSPS) is 13.9. The Labute approximate surface area is 122 Å². The molecule has 0 aliphatic rings. The highest BCUT2D eigenvalue weighted by molar-refractivity contribution is 5.88. The second-order valence-corrected chi connectivity index (χ2v) is 5.61. The van der Waals surface area contributed by atoms with Gasteiger partial charge in [-0.05, 0) is 19.3 Å². The van der Waals surface area contributed by atoms with E-state index in [1.54, 1.807) is 11.8 Å². The summed E-state index contributed by atoms with van der Waals surface area (Å²) >= 11 is 0. The summed E-state index contributed by atoms with van der Waals surface area (Å²) in [4.78, 5) is 25.6. The molecule has 1 amide bonds. The third-order valence-corrected chi connectivity index (χ3v) is 3.73. The molecule has 118 valence electrons. The van der Waals surface area contributed by atoms with E-state index in [1.165, 1.54) is 7.11 Å². The average Bonchev–Trinajstić information content (AvgIpc) is 2.42. The van der Waals surface area contributed by atoms with Gasteiger partial charge in [0.2, 0.25) is 5.91 Å². The van der Waals surface area contributed by atoms with Crippen LogP contribution in [-0.2, 0) is 14.3 Å². The van der Waals surface area contributed by atoms with Crippen LogP contribution in [-0.4, -0.2) is 42.5 Å². The third-order valence-electron chi connectivity index (χ3n) is 3.73. The van der Waals surface area contributed by atoms with Crippen LogP contribution < -0.4 is 5.73 Å². The molecule has 5 nitrogen and oxygen atoms in total. The highest BCUT2D eigenvalue weighted by Gasteiger charge is 2.33. The predicted octanol–water partition coefficient (Wildman–Crippen LogP) is 1.94. The maximum Gasteiger partial charge on any atom is 0.325 e. The topological polar surface area (TPSA) is 72.6 Å². The van der Waals surface area contributed by atoms with Gasteiger partial charge in [-0.15, -0.1) is 0 Å². The molecule has 2 N–H and O–H groups in total. The molecule has 0 aromatic rings. The lowest BCUT2D eigenvalue weighted by Crippen LogP contribution is -2.55. The van der Waals surface area contributed by atoms with Gasteiger partial charge < -0.3 is 15.4 Å². The largest absolute Gasteiger partial charge is 0.468 e. The van der Waals surface area contributed by atoms with Crippen molar-refractivity contribution in [3.63, 3.8) is 0 Å². The van der Waals surface area contributed by atoms with Gasteiger partial charge in [0.1, 0.15) is 6.54 Å². The van der Waals surface area contributed by atoms with Crippen molar-refractivity contribution in [2.75, 3.05) is 20.2 Å². The number of esters is 1. The van der Waals surface area contributed by atoms with Crippen LogP contribution in [0, 0.1) is 5.92 Å². The number of carbonyl (C=O) groups is 2. The van der Waals surface area contributed by atoms with Gasteiger partial charge in [0, 0.05) is 6.54 Å². The molecule has 0 bridgehead atoms. The van der Waals surface area contributed by atoms with E-state index in [-0.39, 0.29) is 12.5 Å². The van der Waals surface area contributed by atoms with Crippen LogP contribution in [0.25, 0.3) is 0 Å². The molecule has 0 aromatic heterocycles. The molecule has 20 heavy (non-hydrogen) atoms. The number of hydrogen-bond donors (Lipinski definition) is 1.